The molecule has 0 saturated carbocycles. The van der Waals surface area contributed by atoms with Gasteiger partial charge in [0.1, 0.15) is 5.60 Å². The third kappa shape index (κ3) is 6.29. The lowest BCUT2D eigenvalue weighted by Gasteiger charge is -2.42. The van der Waals surface area contributed by atoms with Gasteiger partial charge in [0, 0.05) is 56.0 Å². The number of likely N-dealkylation sites (N-methyl/N-ethyl adjacent to an activating group) is 1. The van der Waals surface area contributed by atoms with Gasteiger partial charge in [-0.15, -0.1) is 0 Å². The van der Waals surface area contributed by atoms with Crippen LogP contribution in [0.4, 0.5) is 4.79 Å². The fraction of sp³-hybridized carbons (Fsp3) is 0.577. The molecule has 1 unspecified atom stereocenters. The first-order chi connectivity index (χ1) is 15.1. The van der Waals surface area contributed by atoms with E-state index in [1.165, 1.54) is 16.8 Å². The van der Waals surface area contributed by atoms with E-state index in [2.05, 4.69) is 42.5 Å². The zero-order valence-electron chi connectivity index (χ0n) is 20.2. The predicted octanol–water partition coefficient (Wildman–Crippen LogP) is 5.36. The zero-order valence-corrected chi connectivity index (χ0v) is 21.0. The van der Waals surface area contributed by atoms with Gasteiger partial charge in [0.05, 0.1) is 0 Å². The van der Waals surface area contributed by atoms with Gasteiger partial charge in [-0.3, -0.25) is 4.90 Å². The molecule has 2 aliphatic heterocycles. The Morgan fingerprint density at radius 1 is 1.22 bits per heavy atom. The monoisotopic (exact) mass is 459 g/mol. The van der Waals surface area contributed by atoms with Crippen molar-refractivity contribution in [1.29, 1.82) is 0 Å². The van der Waals surface area contributed by atoms with E-state index in [0.29, 0.717) is 12.1 Å². The standard InChI is InChI=1S/C26H38ClN3O2/c1-7-24-19(2)17-30(22-12-14-29(15-13-22)25(31)32-26(3,4)5)23(18-28(24)6)16-20-8-10-21(27)11-9-20/h7-11,22-23H,1,12-18H2,2-6H3. The smallest absolute Gasteiger partial charge is 0.410 e. The molecule has 0 aliphatic carbocycles. The summed E-state index contributed by atoms with van der Waals surface area (Å²) < 4.78 is 5.58. The fourth-order valence-electron chi connectivity index (χ4n) is 4.87. The number of ether oxygens (including phenoxy) is 1. The Labute approximate surface area is 198 Å². The van der Waals surface area contributed by atoms with Crippen molar-refractivity contribution in [1.82, 2.24) is 14.7 Å². The van der Waals surface area contributed by atoms with Gasteiger partial charge in [-0.2, -0.15) is 0 Å². The van der Waals surface area contributed by atoms with Crippen LogP contribution in [-0.4, -0.2) is 71.7 Å². The van der Waals surface area contributed by atoms with Gasteiger partial charge in [-0.1, -0.05) is 30.3 Å². The highest BCUT2D eigenvalue weighted by Gasteiger charge is 2.35. The number of halogens is 1. The minimum absolute atomic E-state index is 0.200. The second-order valence-electron chi connectivity index (χ2n) is 10.1. The number of carbonyl (C=O) groups excluding carboxylic acids is 1. The van der Waals surface area contributed by atoms with Gasteiger partial charge >= 0.3 is 6.09 Å². The molecular formula is C26H38ClN3O2. The van der Waals surface area contributed by atoms with Crippen LogP contribution < -0.4 is 0 Å². The summed E-state index contributed by atoms with van der Waals surface area (Å²) in [5.41, 5.74) is 3.40. The Morgan fingerprint density at radius 3 is 2.41 bits per heavy atom. The number of carbonyl (C=O) groups is 1. The number of benzene rings is 1. The number of hydrogen-bond donors (Lipinski definition) is 0. The van der Waals surface area contributed by atoms with E-state index >= 15 is 0 Å². The van der Waals surface area contributed by atoms with Gasteiger partial charge in [0.25, 0.3) is 0 Å². The van der Waals surface area contributed by atoms with Gasteiger partial charge in [0.2, 0.25) is 0 Å². The molecule has 1 fully saturated rings. The van der Waals surface area contributed by atoms with Crippen molar-refractivity contribution in [3.05, 3.63) is 58.8 Å². The average Bonchev–Trinajstić information content (AvgIpc) is 2.84. The minimum Gasteiger partial charge on any atom is -0.444 e. The van der Waals surface area contributed by atoms with Crippen molar-refractivity contribution >= 4 is 17.7 Å². The molecule has 176 valence electrons. The molecule has 2 heterocycles. The van der Waals surface area contributed by atoms with Crippen LogP contribution in [0.25, 0.3) is 0 Å². The lowest BCUT2D eigenvalue weighted by atomic mass is 9.97. The molecule has 0 aromatic heterocycles. The second kappa shape index (κ2) is 10.3. The summed E-state index contributed by atoms with van der Waals surface area (Å²) in [5.74, 6) is 0. The summed E-state index contributed by atoms with van der Waals surface area (Å²) in [7, 11) is 2.16. The number of piperidine rings is 1. The first-order valence-corrected chi connectivity index (χ1v) is 12.0. The van der Waals surface area contributed by atoms with Gasteiger partial charge in [-0.05, 0) is 76.3 Å². The Morgan fingerprint density at radius 2 is 1.84 bits per heavy atom. The fourth-order valence-corrected chi connectivity index (χ4v) is 4.99. The molecular weight excluding hydrogens is 422 g/mol. The van der Waals surface area contributed by atoms with Crippen molar-refractivity contribution in [2.24, 2.45) is 0 Å². The highest BCUT2D eigenvalue weighted by atomic mass is 35.5. The van der Waals surface area contributed by atoms with Crippen molar-refractivity contribution in [2.45, 2.75) is 64.6 Å². The molecule has 1 amide bonds. The Bertz CT molecular complexity index is 836. The van der Waals surface area contributed by atoms with E-state index in [0.717, 1.165) is 50.5 Å². The average molecular weight is 460 g/mol. The molecule has 6 heteroatoms. The van der Waals surface area contributed by atoms with Crippen molar-refractivity contribution in [3.8, 4) is 0 Å². The molecule has 1 aromatic carbocycles. The second-order valence-corrected chi connectivity index (χ2v) is 10.5. The van der Waals surface area contributed by atoms with E-state index in [-0.39, 0.29) is 6.09 Å². The maximum atomic E-state index is 12.5. The normalized spacial score (nSPS) is 21.5. The predicted molar refractivity (Wildman–Crippen MR) is 132 cm³/mol. The van der Waals surface area contributed by atoms with Crippen LogP contribution in [0.15, 0.2) is 48.2 Å². The largest absolute Gasteiger partial charge is 0.444 e. The number of likely N-dealkylation sites (tertiary alicyclic amines) is 1. The molecule has 5 nitrogen and oxygen atoms in total. The van der Waals surface area contributed by atoms with Crippen LogP contribution in [0.3, 0.4) is 0 Å². The van der Waals surface area contributed by atoms with Crippen LogP contribution in [-0.2, 0) is 11.2 Å². The number of nitrogens with zero attached hydrogens (tertiary/aromatic N) is 3. The van der Waals surface area contributed by atoms with Crippen molar-refractivity contribution in [2.75, 3.05) is 33.2 Å². The van der Waals surface area contributed by atoms with Crippen LogP contribution in [0, 0.1) is 0 Å². The highest BCUT2D eigenvalue weighted by Crippen LogP contribution is 2.28. The molecule has 0 spiro atoms. The van der Waals surface area contributed by atoms with Gasteiger partial charge in [0.15, 0.2) is 0 Å². The maximum absolute atomic E-state index is 12.5. The first kappa shape index (κ1) is 24.7. The number of allylic oxidation sites excluding steroid dienone is 1. The number of hydrogen-bond acceptors (Lipinski definition) is 4. The summed E-state index contributed by atoms with van der Waals surface area (Å²) in [6.07, 6.45) is 4.65. The third-order valence-electron chi connectivity index (χ3n) is 6.39. The molecule has 3 rings (SSSR count). The molecule has 1 saturated heterocycles. The minimum atomic E-state index is -0.462. The lowest BCUT2D eigenvalue weighted by Crippen LogP contribution is -2.53. The highest BCUT2D eigenvalue weighted by molar-refractivity contribution is 6.30. The summed E-state index contributed by atoms with van der Waals surface area (Å²) in [6.45, 7) is 15.3. The van der Waals surface area contributed by atoms with Gasteiger partial charge in [-0.25, -0.2) is 4.79 Å². The van der Waals surface area contributed by atoms with E-state index in [1.54, 1.807) is 0 Å². The van der Waals surface area contributed by atoms with Gasteiger partial charge < -0.3 is 14.5 Å². The van der Waals surface area contributed by atoms with Crippen LogP contribution >= 0.6 is 11.6 Å². The Hall–Kier alpha value is -1.98. The van der Waals surface area contributed by atoms with Crippen LogP contribution in [0.2, 0.25) is 5.02 Å². The van der Waals surface area contributed by atoms with E-state index in [1.807, 2.05) is 43.9 Å². The lowest BCUT2D eigenvalue weighted by molar-refractivity contribution is 0.0114. The number of amides is 1. The quantitative estimate of drug-likeness (QED) is 0.607. The Balaban J connectivity index is 1.75. The molecule has 0 bridgehead atoms. The van der Waals surface area contributed by atoms with E-state index in [4.69, 9.17) is 16.3 Å². The van der Waals surface area contributed by atoms with Crippen molar-refractivity contribution < 1.29 is 9.53 Å². The SMILES string of the molecule is C=CC1=C(C)CN(C2CCN(C(=O)OC(C)(C)C)CC2)C(Cc2ccc(Cl)cc2)CN1C. The molecule has 1 atom stereocenters. The van der Waals surface area contributed by atoms with Crippen LogP contribution in [0.1, 0.15) is 46.1 Å². The van der Waals surface area contributed by atoms with Crippen molar-refractivity contribution in [3.63, 3.8) is 0 Å². The third-order valence-corrected chi connectivity index (χ3v) is 6.64. The zero-order chi connectivity index (χ0) is 23.5. The molecule has 1 aromatic rings. The summed E-state index contributed by atoms with van der Waals surface area (Å²) in [6, 6.07) is 9.00. The van der Waals surface area contributed by atoms with Crippen LogP contribution in [0.5, 0.6) is 0 Å². The van der Waals surface area contributed by atoms with E-state index in [9.17, 15) is 4.79 Å². The number of rotatable bonds is 4. The topological polar surface area (TPSA) is 36.0 Å². The molecule has 0 N–H and O–H groups in total. The summed E-state index contributed by atoms with van der Waals surface area (Å²) in [4.78, 5) is 19.4. The summed E-state index contributed by atoms with van der Waals surface area (Å²) in [5, 5.41) is 0.768. The maximum Gasteiger partial charge on any atom is 0.410 e. The van der Waals surface area contributed by atoms with E-state index < -0.39 is 5.60 Å². The Kier molecular flexibility index (Phi) is 7.94. The molecule has 0 radical (unpaired) electrons. The first-order valence-electron chi connectivity index (χ1n) is 11.6. The molecule has 32 heavy (non-hydrogen) atoms. The summed E-state index contributed by atoms with van der Waals surface area (Å²) >= 11 is 6.11. The molecule has 2 aliphatic rings.